The zero-order chi connectivity index (χ0) is 20.5. The fraction of sp³-hybridized carbons (Fsp3) is 0.409. The number of ether oxygens (including phenoxy) is 1. The molecule has 0 radical (unpaired) electrons. The van der Waals surface area contributed by atoms with Crippen LogP contribution in [0.2, 0.25) is 0 Å². The summed E-state index contributed by atoms with van der Waals surface area (Å²) in [5.74, 6) is 1.13. The van der Waals surface area contributed by atoms with E-state index in [0.29, 0.717) is 23.6 Å². The lowest BCUT2D eigenvalue weighted by Gasteiger charge is -2.18. The van der Waals surface area contributed by atoms with E-state index in [1.54, 1.807) is 30.4 Å². The summed E-state index contributed by atoms with van der Waals surface area (Å²) >= 11 is 1.62. The zero-order valence-electron chi connectivity index (χ0n) is 16.9. The van der Waals surface area contributed by atoms with Crippen molar-refractivity contribution in [2.24, 2.45) is 5.92 Å². The molecule has 0 unspecified atom stereocenters. The highest BCUT2D eigenvalue weighted by Gasteiger charge is 2.25. The molecule has 3 aromatic rings. The molecule has 1 aromatic carbocycles. The number of hydrogen-bond acceptors (Lipinski definition) is 5. The largest absolute Gasteiger partial charge is 0.494 e. The number of carbonyl (C=O) groups excluding carboxylic acids is 1. The molecule has 2 aromatic heterocycles. The second-order valence-electron chi connectivity index (χ2n) is 7.61. The number of aryl methyl sites for hydroxylation is 1. The van der Waals surface area contributed by atoms with Gasteiger partial charge in [-0.1, -0.05) is 6.92 Å². The van der Waals surface area contributed by atoms with E-state index in [1.165, 1.54) is 15.8 Å². The third kappa shape index (κ3) is 3.79. The number of thiophene rings is 1. The highest BCUT2D eigenvalue weighted by Crippen LogP contribution is 2.35. The summed E-state index contributed by atoms with van der Waals surface area (Å²) in [6.07, 6.45) is 4.49. The lowest BCUT2D eigenvalue weighted by Crippen LogP contribution is -2.32. The molecule has 2 atom stereocenters. The van der Waals surface area contributed by atoms with Crippen molar-refractivity contribution in [2.45, 2.75) is 46.1 Å². The van der Waals surface area contributed by atoms with Crippen LogP contribution in [0, 0.1) is 5.92 Å². The van der Waals surface area contributed by atoms with Crippen LogP contribution in [0.25, 0.3) is 10.2 Å². The van der Waals surface area contributed by atoms with Gasteiger partial charge in [0.15, 0.2) is 0 Å². The van der Waals surface area contributed by atoms with E-state index >= 15 is 0 Å². The van der Waals surface area contributed by atoms with Crippen molar-refractivity contribution in [3.63, 3.8) is 0 Å². The molecular formula is C22H25N3O3S. The fourth-order valence-corrected chi connectivity index (χ4v) is 5.14. The van der Waals surface area contributed by atoms with E-state index in [9.17, 15) is 9.59 Å². The molecule has 2 heterocycles. The Morgan fingerprint density at radius 2 is 2.14 bits per heavy atom. The van der Waals surface area contributed by atoms with E-state index in [2.05, 4.69) is 17.2 Å². The first-order chi connectivity index (χ1) is 14.0. The van der Waals surface area contributed by atoms with E-state index < -0.39 is 6.04 Å². The van der Waals surface area contributed by atoms with Crippen LogP contribution in [0.5, 0.6) is 5.75 Å². The third-order valence-electron chi connectivity index (χ3n) is 5.47. The van der Waals surface area contributed by atoms with Crippen LogP contribution < -0.4 is 15.6 Å². The lowest BCUT2D eigenvalue weighted by atomic mass is 9.89. The highest BCUT2D eigenvalue weighted by atomic mass is 32.1. The van der Waals surface area contributed by atoms with Crippen molar-refractivity contribution < 1.29 is 9.53 Å². The number of rotatable bonds is 5. The number of benzene rings is 1. The van der Waals surface area contributed by atoms with Crippen LogP contribution in [0.15, 0.2) is 35.4 Å². The maximum Gasteiger partial charge on any atom is 0.263 e. The maximum absolute atomic E-state index is 13.2. The molecular weight excluding hydrogens is 386 g/mol. The van der Waals surface area contributed by atoms with Crippen molar-refractivity contribution in [1.29, 1.82) is 0 Å². The Labute approximate surface area is 173 Å². The van der Waals surface area contributed by atoms with Gasteiger partial charge in [0.1, 0.15) is 16.6 Å². The second-order valence-corrected chi connectivity index (χ2v) is 8.70. The van der Waals surface area contributed by atoms with Gasteiger partial charge in [0.05, 0.1) is 18.3 Å². The number of aromatic nitrogens is 2. The van der Waals surface area contributed by atoms with Crippen LogP contribution in [-0.4, -0.2) is 22.1 Å². The monoisotopic (exact) mass is 411 g/mol. The van der Waals surface area contributed by atoms with Crippen LogP contribution in [0.3, 0.4) is 0 Å². The summed E-state index contributed by atoms with van der Waals surface area (Å²) in [6, 6.07) is 6.53. The molecule has 1 amide bonds. The Kier molecular flexibility index (Phi) is 5.41. The van der Waals surface area contributed by atoms with Gasteiger partial charge < -0.3 is 10.1 Å². The third-order valence-corrected chi connectivity index (χ3v) is 6.63. The van der Waals surface area contributed by atoms with Crippen LogP contribution >= 0.6 is 11.3 Å². The predicted molar refractivity (Wildman–Crippen MR) is 116 cm³/mol. The minimum absolute atomic E-state index is 0.128. The molecule has 152 valence electrons. The van der Waals surface area contributed by atoms with Gasteiger partial charge in [-0.2, -0.15) is 0 Å². The van der Waals surface area contributed by atoms with Gasteiger partial charge in [-0.15, -0.1) is 11.3 Å². The van der Waals surface area contributed by atoms with E-state index in [0.717, 1.165) is 35.4 Å². The molecule has 1 aliphatic rings. The number of fused-ring (bicyclic) bond motifs is 3. The minimum atomic E-state index is -0.663. The van der Waals surface area contributed by atoms with E-state index in [-0.39, 0.29) is 11.5 Å². The summed E-state index contributed by atoms with van der Waals surface area (Å²) in [4.78, 5) is 32.5. The predicted octanol–water partition coefficient (Wildman–Crippen LogP) is 4.18. The average Bonchev–Trinajstić information content (AvgIpc) is 3.07. The highest BCUT2D eigenvalue weighted by molar-refractivity contribution is 7.18. The van der Waals surface area contributed by atoms with Gasteiger partial charge >= 0.3 is 0 Å². The van der Waals surface area contributed by atoms with E-state index in [1.807, 2.05) is 19.1 Å². The van der Waals surface area contributed by atoms with Crippen molar-refractivity contribution in [2.75, 3.05) is 11.9 Å². The molecule has 0 bridgehead atoms. The minimum Gasteiger partial charge on any atom is -0.494 e. The Balaban J connectivity index is 1.59. The first kappa shape index (κ1) is 19.6. The number of hydrogen-bond donors (Lipinski definition) is 1. The summed E-state index contributed by atoms with van der Waals surface area (Å²) in [6.45, 7) is 6.48. The normalized spacial score (nSPS) is 17.0. The zero-order valence-corrected chi connectivity index (χ0v) is 17.7. The number of carbonyl (C=O) groups is 1. The SMILES string of the molecule is CCOc1ccc(NC(=O)[C@H](C)n2cnc3sc4c(c3c2=O)CC[C@H](C)C4)cc1. The molecule has 0 spiro atoms. The topological polar surface area (TPSA) is 73.2 Å². The van der Waals surface area contributed by atoms with Crippen LogP contribution in [-0.2, 0) is 17.6 Å². The van der Waals surface area contributed by atoms with Gasteiger partial charge in [0, 0.05) is 10.6 Å². The van der Waals surface area contributed by atoms with Crippen LogP contribution in [0.1, 0.15) is 43.7 Å². The Morgan fingerprint density at radius 1 is 1.38 bits per heavy atom. The van der Waals surface area contributed by atoms with Crippen molar-refractivity contribution in [3.05, 3.63) is 51.4 Å². The van der Waals surface area contributed by atoms with Gasteiger partial charge in [0.2, 0.25) is 5.91 Å². The summed E-state index contributed by atoms with van der Waals surface area (Å²) in [7, 11) is 0. The quantitative estimate of drug-likeness (QED) is 0.684. The molecule has 4 rings (SSSR count). The molecule has 6 nitrogen and oxygen atoms in total. The molecule has 0 saturated heterocycles. The van der Waals surface area contributed by atoms with Crippen molar-refractivity contribution in [1.82, 2.24) is 9.55 Å². The fourth-order valence-electron chi connectivity index (χ4n) is 3.79. The standard InChI is InChI=1S/C22H25N3O3S/c1-4-28-16-8-6-15(7-9-16)24-20(26)14(3)25-12-23-21-19(22(25)27)17-10-5-13(2)11-18(17)29-21/h6-9,12-14H,4-5,10-11H2,1-3H3,(H,24,26)/t13-,14-/m0/s1. The van der Waals surface area contributed by atoms with Gasteiger partial charge in [0.25, 0.3) is 5.56 Å². The van der Waals surface area contributed by atoms with E-state index in [4.69, 9.17) is 4.74 Å². The molecule has 0 aliphatic heterocycles. The van der Waals surface area contributed by atoms with Crippen LogP contribution in [0.4, 0.5) is 5.69 Å². The average molecular weight is 412 g/mol. The van der Waals surface area contributed by atoms with Crippen molar-refractivity contribution >= 4 is 33.1 Å². The number of nitrogens with one attached hydrogen (secondary N) is 1. The molecule has 1 aliphatic carbocycles. The summed E-state index contributed by atoms with van der Waals surface area (Å²) in [5, 5.41) is 3.56. The Morgan fingerprint density at radius 3 is 2.86 bits per heavy atom. The van der Waals surface area contributed by atoms with Gasteiger partial charge in [-0.3, -0.25) is 14.2 Å². The van der Waals surface area contributed by atoms with Gasteiger partial charge in [-0.25, -0.2) is 4.98 Å². The molecule has 0 saturated carbocycles. The lowest BCUT2D eigenvalue weighted by molar-refractivity contribution is -0.118. The second kappa shape index (κ2) is 7.99. The molecule has 1 N–H and O–H groups in total. The summed E-state index contributed by atoms with van der Waals surface area (Å²) < 4.78 is 6.86. The maximum atomic E-state index is 13.2. The first-order valence-corrected chi connectivity index (χ1v) is 10.8. The Bertz CT molecular complexity index is 1100. The summed E-state index contributed by atoms with van der Waals surface area (Å²) in [5.41, 5.74) is 1.67. The molecule has 7 heteroatoms. The number of nitrogens with zero attached hydrogens (tertiary/aromatic N) is 2. The number of anilines is 1. The smallest absolute Gasteiger partial charge is 0.263 e. The number of amides is 1. The molecule has 0 fully saturated rings. The van der Waals surface area contributed by atoms with Crippen molar-refractivity contribution in [3.8, 4) is 5.75 Å². The molecule has 29 heavy (non-hydrogen) atoms. The first-order valence-electron chi connectivity index (χ1n) is 10.0. The Hall–Kier alpha value is -2.67. The van der Waals surface area contributed by atoms with Gasteiger partial charge in [-0.05, 0) is 68.9 Å².